The van der Waals surface area contributed by atoms with E-state index in [1.54, 1.807) is 0 Å². The molecular weight excluding hydrogens is 226 g/mol. The number of para-hydroxylation sites is 1. The molecule has 2 rings (SSSR count). The highest BCUT2D eigenvalue weighted by molar-refractivity contribution is 5.99. The molecule has 0 saturated carbocycles. The first-order valence-electron chi connectivity index (χ1n) is 6.46. The van der Waals surface area contributed by atoms with Crippen molar-refractivity contribution < 1.29 is 4.79 Å². The van der Waals surface area contributed by atoms with E-state index in [2.05, 4.69) is 19.3 Å². The normalized spacial score (nSPS) is 23.8. The number of nitrogen functional groups attached to an aromatic ring is 1. The fraction of sp³-hybridized carbons (Fsp3) is 0.500. The quantitative estimate of drug-likeness (QED) is 0.621. The second-order valence-electron chi connectivity index (χ2n) is 5.35. The van der Waals surface area contributed by atoms with Crippen LogP contribution in [0.25, 0.3) is 0 Å². The van der Waals surface area contributed by atoms with Crippen LogP contribution in [0.1, 0.15) is 30.6 Å². The number of carbonyl (C=O) groups excluding carboxylic acids is 1. The van der Waals surface area contributed by atoms with Gasteiger partial charge in [0.2, 0.25) is 0 Å². The molecule has 1 saturated heterocycles. The number of benzene rings is 1. The van der Waals surface area contributed by atoms with Crippen molar-refractivity contribution in [2.45, 2.75) is 20.3 Å². The third-order valence-corrected chi connectivity index (χ3v) is 3.47. The number of carbonyl (C=O) groups is 1. The molecule has 1 amide bonds. The molecule has 4 heteroatoms. The first-order chi connectivity index (χ1) is 8.61. The van der Waals surface area contributed by atoms with Gasteiger partial charge in [0.25, 0.3) is 5.91 Å². The Kier molecular flexibility index (Phi) is 3.87. The van der Waals surface area contributed by atoms with Crippen molar-refractivity contribution in [2.75, 3.05) is 18.5 Å². The predicted octanol–water partition coefficient (Wildman–Crippen LogP) is 2.09. The van der Waals surface area contributed by atoms with Gasteiger partial charge in [-0.2, -0.15) is 0 Å². The number of nitrogens with one attached hydrogen (secondary N) is 1. The van der Waals surface area contributed by atoms with E-state index in [4.69, 9.17) is 5.84 Å². The Morgan fingerprint density at radius 1 is 1.28 bits per heavy atom. The largest absolute Gasteiger partial charge is 0.338 e. The van der Waals surface area contributed by atoms with Crippen molar-refractivity contribution in [2.24, 2.45) is 17.7 Å². The molecule has 0 radical (unpaired) electrons. The molecular formula is C14H21N3O. The van der Waals surface area contributed by atoms with Crippen LogP contribution in [-0.2, 0) is 0 Å². The van der Waals surface area contributed by atoms with E-state index in [1.165, 1.54) is 6.42 Å². The second-order valence-corrected chi connectivity index (χ2v) is 5.35. The zero-order valence-electron chi connectivity index (χ0n) is 11.0. The lowest BCUT2D eigenvalue weighted by Gasteiger charge is -2.35. The molecule has 0 aliphatic carbocycles. The molecule has 1 fully saturated rings. The fourth-order valence-corrected chi connectivity index (χ4v) is 2.79. The average molecular weight is 247 g/mol. The summed E-state index contributed by atoms with van der Waals surface area (Å²) >= 11 is 0. The van der Waals surface area contributed by atoms with Gasteiger partial charge in [0.05, 0.1) is 11.3 Å². The minimum atomic E-state index is 0.0713. The van der Waals surface area contributed by atoms with Gasteiger partial charge in [-0.15, -0.1) is 0 Å². The van der Waals surface area contributed by atoms with Crippen molar-refractivity contribution in [3.05, 3.63) is 29.8 Å². The minimum absolute atomic E-state index is 0.0713. The lowest BCUT2D eigenvalue weighted by molar-refractivity contribution is 0.0624. The zero-order valence-corrected chi connectivity index (χ0v) is 11.0. The number of hydrazine groups is 1. The number of nitrogens with two attached hydrogens (primary N) is 1. The van der Waals surface area contributed by atoms with Gasteiger partial charge in [0.1, 0.15) is 0 Å². The maximum absolute atomic E-state index is 12.5. The van der Waals surface area contributed by atoms with Crippen LogP contribution in [-0.4, -0.2) is 23.9 Å². The molecule has 2 atom stereocenters. The molecule has 18 heavy (non-hydrogen) atoms. The van der Waals surface area contributed by atoms with Crippen molar-refractivity contribution in [1.29, 1.82) is 0 Å². The molecule has 0 aromatic heterocycles. The molecule has 1 aliphatic heterocycles. The lowest BCUT2D eigenvalue weighted by atomic mass is 9.91. The van der Waals surface area contributed by atoms with E-state index in [0.29, 0.717) is 23.1 Å². The van der Waals surface area contributed by atoms with Crippen LogP contribution in [0.15, 0.2) is 24.3 Å². The van der Waals surface area contributed by atoms with E-state index in [0.717, 1.165) is 13.1 Å². The van der Waals surface area contributed by atoms with Gasteiger partial charge in [0, 0.05) is 13.1 Å². The number of nitrogens with zero attached hydrogens (tertiary/aromatic N) is 1. The number of piperidine rings is 1. The Morgan fingerprint density at radius 2 is 1.89 bits per heavy atom. The molecule has 2 unspecified atom stereocenters. The summed E-state index contributed by atoms with van der Waals surface area (Å²) in [6, 6.07) is 7.38. The Labute approximate surface area is 108 Å². The van der Waals surface area contributed by atoms with E-state index in [1.807, 2.05) is 29.2 Å². The maximum atomic E-state index is 12.5. The summed E-state index contributed by atoms with van der Waals surface area (Å²) in [5.74, 6) is 6.65. The Balaban J connectivity index is 2.20. The fourth-order valence-electron chi connectivity index (χ4n) is 2.79. The molecule has 1 aromatic rings. The number of rotatable bonds is 2. The molecule has 1 aromatic carbocycles. The third-order valence-electron chi connectivity index (χ3n) is 3.47. The van der Waals surface area contributed by atoms with Gasteiger partial charge in [-0.25, -0.2) is 0 Å². The van der Waals surface area contributed by atoms with Crippen molar-refractivity contribution in [1.82, 2.24) is 4.90 Å². The summed E-state index contributed by atoms with van der Waals surface area (Å²) in [5, 5.41) is 0. The number of hydrogen-bond donors (Lipinski definition) is 2. The molecule has 1 aliphatic rings. The summed E-state index contributed by atoms with van der Waals surface area (Å²) in [5.41, 5.74) is 3.93. The number of anilines is 1. The first kappa shape index (κ1) is 12.9. The van der Waals surface area contributed by atoms with Crippen molar-refractivity contribution in [3.8, 4) is 0 Å². The Bertz CT molecular complexity index is 423. The minimum Gasteiger partial charge on any atom is -0.338 e. The highest BCUT2D eigenvalue weighted by Gasteiger charge is 2.27. The lowest BCUT2D eigenvalue weighted by Crippen LogP contribution is -2.42. The second kappa shape index (κ2) is 5.40. The monoisotopic (exact) mass is 247 g/mol. The van der Waals surface area contributed by atoms with Gasteiger partial charge in [-0.05, 0) is 30.4 Å². The standard InChI is InChI=1S/C14H21N3O/c1-10-7-11(2)9-17(8-10)14(18)12-5-3-4-6-13(12)16-15/h3-6,10-11,16H,7-9,15H2,1-2H3. The molecule has 98 valence electrons. The van der Waals surface area contributed by atoms with E-state index < -0.39 is 0 Å². The van der Waals surface area contributed by atoms with Crippen LogP contribution in [0.3, 0.4) is 0 Å². The van der Waals surface area contributed by atoms with Crippen molar-refractivity contribution in [3.63, 3.8) is 0 Å². The molecule has 0 spiro atoms. The van der Waals surface area contributed by atoms with Gasteiger partial charge >= 0.3 is 0 Å². The van der Waals surface area contributed by atoms with Gasteiger partial charge in [0.15, 0.2) is 0 Å². The summed E-state index contributed by atoms with van der Waals surface area (Å²) < 4.78 is 0. The molecule has 3 N–H and O–H groups in total. The van der Waals surface area contributed by atoms with Crippen LogP contribution in [0.2, 0.25) is 0 Å². The summed E-state index contributed by atoms with van der Waals surface area (Å²) in [6.45, 7) is 6.07. The van der Waals surface area contributed by atoms with Gasteiger partial charge < -0.3 is 10.3 Å². The first-order valence-corrected chi connectivity index (χ1v) is 6.46. The average Bonchev–Trinajstić information content (AvgIpc) is 2.36. The predicted molar refractivity (Wildman–Crippen MR) is 73.1 cm³/mol. The maximum Gasteiger partial charge on any atom is 0.256 e. The summed E-state index contributed by atoms with van der Waals surface area (Å²) in [6.07, 6.45) is 1.20. The number of likely N-dealkylation sites (tertiary alicyclic amines) is 1. The number of amides is 1. The van der Waals surface area contributed by atoms with E-state index in [9.17, 15) is 4.79 Å². The highest BCUT2D eigenvalue weighted by Crippen LogP contribution is 2.24. The van der Waals surface area contributed by atoms with E-state index in [-0.39, 0.29) is 5.91 Å². The Hall–Kier alpha value is -1.55. The van der Waals surface area contributed by atoms with Crippen LogP contribution < -0.4 is 11.3 Å². The zero-order chi connectivity index (χ0) is 13.1. The van der Waals surface area contributed by atoms with Crippen LogP contribution in [0, 0.1) is 11.8 Å². The molecule has 1 heterocycles. The molecule has 0 bridgehead atoms. The van der Waals surface area contributed by atoms with Gasteiger partial charge in [-0.1, -0.05) is 26.0 Å². The van der Waals surface area contributed by atoms with Crippen molar-refractivity contribution >= 4 is 11.6 Å². The Morgan fingerprint density at radius 3 is 2.50 bits per heavy atom. The summed E-state index contributed by atoms with van der Waals surface area (Å²) in [7, 11) is 0. The highest BCUT2D eigenvalue weighted by atomic mass is 16.2. The summed E-state index contributed by atoms with van der Waals surface area (Å²) in [4.78, 5) is 14.4. The van der Waals surface area contributed by atoms with Gasteiger partial charge in [-0.3, -0.25) is 10.6 Å². The topological polar surface area (TPSA) is 58.4 Å². The smallest absolute Gasteiger partial charge is 0.256 e. The van der Waals surface area contributed by atoms with Crippen LogP contribution >= 0.6 is 0 Å². The third kappa shape index (κ3) is 2.64. The SMILES string of the molecule is CC1CC(C)CN(C(=O)c2ccccc2NN)C1. The van der Waals surface area contributed by atoms with Crippen LogP contribution in [0.5, 0.6) is 0 Å². The van der Waals surface area contributed by atoms with Crippen LogP contribution in [0.4, 0.5) is 5.69 Å². The van der Waals surface area contributed by atoms with E-state index >= 15 is 0 Å². The number of hydrogen-bond acceptors (Lipinski definition) is 3. The molecule has 4 nitrogen and oxygen atoms in total.